The minimum atomic E-state index is -0.610. The van der Waals surface area contributed by atoms with Crippen molar-refractivity contribution in [3.8, 4) is 5.88 Å². The average molecular weight is 300 g/mol. The van der Waals surface area contributed by atoms with E-state index in [1.54, 1.807) is 6.20 Å². The minimum Gasteiger partial charge on any atom is -0.478 e. The van der Waals surface area contributed by atoms with Crippen LogP contribution in [-0.4, -0.2) is 31.1 Å². The summed E-state index contributed by atoms with van der Waals surface area (Å²) in [5.41, 5.74) is 0.197. The van der Waals surface area contributed by atoms with Crippen molar-refractivity contribution in [2.24, 2.45) is 0 Å². The van der Waals surface area contributed by atoms with Gasteiger partial charge < -0.3 is 14.3 Å². The molecular weight excluding hydrogens is 286 g/mol. The van der Waals surface area contributed by atoms with Crippen LogP contribution < -0.4 is 4.74 Å². The number of halogens is 1. The van der Waals surface area contributed by atoms with E-state index in [1.165, 1.54) is 0 Å². The molecule has 0 bridgehead atoms. The number of ether oxygens (including phenoxy) is 2. The molecule has 1 aliphatic heterocycles. The van der Waals surface area contributed by atoms with Gasteiger partial charge in [-0.15, -0.1) is 0 Å². The highest BCUT2D eigenvalue weighted by molar-refractivity contribution is 9.10. The summed E-state index contributed by atoms with van der Waals surface area (Å²) < 4.78 is 11.7. The smallest absolute Gasteiger partial charge is 0.217 e. The third-order valence-electron chi connectivity index (χ3n) is 2.91. The fourth-order valence-electron chi connectivity index (χ4n) is 1.98. The molecule has 0 aliphatic carbocycles. The lowest BCUT2D eigenvalue weighted by molar-refractivity contribution is -0.112. The number of carbonyl (C=O) groups is 1. The Morgan fingerprint density at radius 3 is 3.12 bits per heavy atom. The molecule has 92 valence electrons. The van der Waals surface area contributed by atoms with Crippen molar-refractivity contribution in [1.82, 2.24) is 4.98 Å². The van der Waals surface area contributed by atoms with Gasteiger partial charge >= 0.3 is 0 Å². The fourth-order valence-corrected chi connectivity index (χ4v) is 2.32. The third-order valence-corrected chi connectivity index (χ3v) is 3.35. The highest BCUT2D eigenvalue weighted by Gasteiger charge is 2.39. The standard InChI is InChI=1S/C12H14BrNO3/c1-2-17-11-10(5-9(13)6-14-11)12(7-15)3-4-16-8-12/h5-7H,2-4,8H2,1H3/t12-/m0/s1. The van der Waals surface area contributed by atoms with Gasteiger partial charge in [0, 0.05) is 22.8 Å². The maximum absolute atomic E-state index is 11.4. The zero-order chi connectivity index (χ0) is 12.3. The number of hydrogen-bond donors (Lipinski definition) is 0. The molecule has 1 fully saturated rings. The average Bonchev–Trinajstić information content (AvgIpc) is 2.81. The second-order valence-electron chi connectivity index (χ2n) is 4.02. The van der Waals surface area contributed by atoms with Crippen molar-refractivity contribution in [2.75, 3.05) is 19.8 Å². The number of carbonyl (C=O) groups excluding carboxylic acids is 1. The van der Waals surface area contributed by atoms with Crippen molar-refractivity contribution < 1.29 is 14.3 Å². The van der Waals surface area contributed by atoms with Crippen molar-refractivity contribution in [3.63, 3.8) is 0 Å². The molecule has 0 amide bonds. The van der Waals surface area contributed by atoms with E-state index < -0.39 is 5.41 Å². The van der Waals surface area contributed by atoms with Gasteiger partial charge in [-0.05, 0) is 35.3 Å². The van der Waals surface area contributed by atoms with Crippen LogP contribution in [0.2, 0.25) is 0 Å². The molecule has 0 radical (unpaired) electrons. The zero-order valence-corrected chi connectivity index (χ0v) is 11.2. The Morgan fingerprint density at radius 1 is 1.71 bits per heavy atom. The van der Waals surface area contributed by atoms with E-state index in [0.29, 0.717) is 32.1 Å². The predicted octanol–water partition coefficient (Wildman–Crippen LogP) is 2.10. The first kappa shape index (κ1) is 12.5. The Morgan fingerprint density at radius 2 is 2.53 bits per heavy atom. The monoisotopic (exact) mass is 299 g/mol. The molecule has 1 atom stereocenters. The van der Waals surface area contributed by atoms with Crippen molar-refractivity contribution >= 4 is 22.2 Å². The largest absolute Gasteiger partial charge is 0.478 e. The summed E-state index contributed by atoms with van der Waals surface area (Å²) >= 11 is 3.37. The van der Waals surface area contributed by atoms with E-state index >= 15 is 0 Å². The van der Waals surface area contributed by atoms with Crippen LogP contribution in [0.1, 0.15) is 18.9 Å². The van der Waals surface area contributed by atoms with Crippen molar-refractivity contribution in [1.29, 1.82) is 0 Å². The van der Waals surface area contributed by atoms with Gasteiger partial charge in [0.05, 0.1) is 18.6 Å². The Labute approximate surface area is 108 Å². The molecule has 0 unspecified atom stereocenters. The summed E-state index contributed by atoms with van der Waals surface area (Å²) in [4.78, 5) is 15.6. The van der Waals surface area contributed by atoms with E-state index in [1.807, 2.05) is 13.0 Å². The second-order valence-corrected chi connectivity index (χ2v) is 4.93. The minimum absolute atomic E-state index is 0.398. The fraction of sp³-hybridized carbons (Fsp3) is 0.500. The number of nitrogens with zero attached hydrogens (tertiary/aromatic N) is 1. The molecule has 1 aromatic heterocycles. The first-order valence-corrected chi connectivity index (χ1v) is 6.34. The summed E-state index contributed by atoms with van der Waals surface area (Å²) in [5, 5.41) is 0. The van der Waals surface area contributed by atoms with E-state index in [2.05, 4.69) is 20.9 Å². The van der Waals surface area contributed by atoms with Crippen LogP contribution in [0.15, 0.2) is 16.7 Å². The van der Waals surface area contributed by atoms with E-state index in [0.717, 1.165) is 16.3 Å². The number of aldehydes is 1. The van der Waals surface area contributed by atoms with Crippen LogP contribution in [0.4, 0.5) is 0 Å². The van der Waals surface area contributed by atoms with Gasteiger partial charge in [-0.2, -0.15) is 0 Å². The van der Waals surface area contributed by atoms with Crippen molar-refractivity contribution in [2.45, 2.75) is 18.8 Å². The Balaban J connectivity index is 2.47. The predicted molar refractivity (Wildman–Crippen MR) is 66.3 cm³/mol. The summed E-state index contributed by atoms with van der Waals surface area (Å²) in [6, 6.07) is 1.89. The molecule has 1 saturated heterocycles. The second kappa shape index (κ2) is 5.14. The van der Waals surface area contributed by atoms with Gasteiger partial charge in [0.1, 0.15) is 6.29 Å². The maximum Gasteiger partial charge on any atom is 0.217 e. The SMILES string of the molecule is CCOc1ncc(Br)cc1[C@]1(C=O)CCOC1. The molecular formula is C12H14BrNO3. The van der Waals surface area contributed by atoms with Gasteiger partial charge in [0.25, 0.3) is 0 Å². The molecule has 0 saturated carbocycles. The lowest BCUT2D eigenvalue weighted by Gasteiger charge is -2.22. The van der Waals surface area contributed by atoms with Crippen LogP contribution >= 0.6 is 15.9 Å². The van der Waals surface area contributed by atoms with Crippen LogP contribution in [0.3, 0.4) is 0 Å². The van der Waals surface area contributed by atoms with E-state index in [9.17, 15) is 4.79 Å². The number of hydrogen-bond acceptors (Lipinski definition) is 4. The van der Waals surface area contributed by atoms with E-state index in [-0.39, 0.29) is 0 Å². The molecule has 1 aromatic rings. The molecule has 5 heteroatoms. The summed E-state index contributed by atoms with van der Waals surface area (Å²) in [5.74, 6) is 0.522. The van der Waals surface area contributed by atoms with Gasteiger partial charge in [-0.1, -0.05) is 0 Å². The Hall–Kier alpha value is -0.940. The first-order valence-electron chi connectivity index (χ1n) is 5.55. The van der Waals surface area contributed by atoms with Gasteiger partial charge in [0.15, 0.2) is 0 Å². The molecule has 2 heterocycles. The summed E-state index contributed by atoms with van der Waals surface area (Å²) in [7, 11) is 0. The molecule has 0 aromatic carbocycles. The van der Waals surface area contributed by atoms with Gasteiger partial charge in [-0.25, -0.2) is 4.98 Å². The maximum atomic E-state index is 11.4. The van der Waals surface area contributed by atoms with Crippen LogP contribution in [-0.2, 0) is 14.9 Å². The quantitative estimate of drug-likeness (QED) is 0.799. The zero-order valence-electron chi connectivity index (χ0n) is 9.61. The lowest BCUT2D eigenvalue weighted by Crippen LogP contribution is -2.29. The Bertz CT molecular complexity index is 416. The first-order chi connectivity index (χ1) is 8.22. The van der Waals surface area contributed by atoms with Crippen LogP contribution in [0.5, 0.6) is 5.88 Å². The third kappa shape index (κ3) is 2.35. The number of pyridine rings is 1. The van der Waals surface area contributed by atoms with Crippen LogP contribution in [0.25, 0.3) is 0 Å². The molecule has 0 N–H and O–H groups in total. The normalized spacial score (nSPS) is 23.6. The highest BCUT2D eigenvalue weighted by atomic mass is 79.9. The topological polar surface area (TPSA) is 48.4 Å². The Kier molecular flexibility index (Phi) is 3.79. The molecule has 1 aliphatic rings. The molecule has 0 spiro atoms. The number of rotatable bonds is 4. The van der Waals surface area contributed by atoms with Crippen LogP contribution in [0, 0.1) is 0 Å². The molecule has 4 nitrogen and oxygen atoms in total. The van der Waals surface area contributed by atoms with Gasteiger partial charge in [-0.3, -0.25) is 0 Å². The molecule has 2 rings (SSSR count). The highest BCUT2D eigenvalue weighted by Crippen LogP contribution is 2.37. The summed E-state index contributed by atoms with van der Waals surface area (Å²) in [6.07, 6.45) is 3.30. The molecule has 17 heavy (non-hydrogen) atoms. The lowest BCUT2D eigenvalue weighted by atomic mass is 9.82. The van der Waals surface area contributed by atoms with Crippen molar-refractivity contribution in [3.05, 3.63) is 22.3 Å². The summed E-state index contributed by atoms with van der Waals surface area (Å²) in [6.45, 7) is 3.41. The number of aromatic nitrogens is 1. The van der Waals surface area contributed by atoms with E-state index in [4.69, 9.17) is 9.47 Å². The van der Waals surface area contributed by atoms with Gasteiger partial charge in [0.2, 0.25) is 5.88 Å².